The molecule has 0 spiro atoms. The molecule has 1 aliphatic rings. The van der Waals surface area contributed by atoms with Crippen LogP contribution in [0.5, 0.6) is 0 Å². The van der Waals surface area contributed by atoms with Crippen LogP contribution in [0.1, 0.15) is 58.2 Å². The molecule has 3 aromatic rings. The highest BCUT2D eigenvalue weighted by atomic mass is 16.2. The second-order valence-electron chi connectivity index (χ2n) is 7.84. The SMILES string of the molecule is CCc1c(C(=O)NCc2ccc(C(=O)N3CCCCC3)cc2)cnn1-c1ccccc1. The highest BCUT2D eigenvalue weighted by molar-refractivity contribution is 5.95. The van der Waals surface area contributed by atoms with Crippen molar-refractivity contribution in [3.8, 4) is 5.69 Å². The average Bonchev–Trinajstić information content (AvgIpc) is 3.28. The van der Waals surface area contributed by atoms with Crippen molar-refractivity contribution >= 4 is 11.8 Å². The summed E-state index contributed by atoms with van der Waals surface area (Å²) in [6.45, 7) is 4.10. The predicted molar refractivity (Wildman–Crippen MR) is 120 cm³/mol. The number of amides is 2. The van der Waals surface area contributed by atoms with Gasteiger partial charge in [0.15, 0.2) is 0 Å². The van der Waals surface area contributed by atoms with Crippen molar-refractivity contribution in [1.29, 1.82) is 0 Å². The number of likely N-dealkylation sites (tertiary alicyclic amines) is 1. The zero-order valence-electron chi connectivity index (χ0n) is 17.9. The van der Waals surface area contributed by atoms with Gasteiger partial charge in [0.05, 0.1) is 23.1 Å². The van der Waals surface area contributed by atoms with E-state index in [4.69, 9.17) is 0 Å². The Hall–Kier alpha value is -3.41. The minimum absolute atomic E-state index is 0.0937. The van der Waals surface area contributed by atoms with Gasteiger partial charge in [-0.1, -0.05) is 37.3 Å². The first-order valence-electron chi connectivity index (χ1n) is 11.0. The van der Waals surface area contributed by atoms with E-state index >= 15 is 0 Å². The second-order valence-corrected chi connectivity index (χ2v) is 7.84. The maximum Gasteiger partial charge on any atom is 0.255 e. The largest absolute Gasteiger partial charge is 0.348 e. The maximum absolute atomic E-state index is 12.8. The first kappa shape index (κ1) is 20.8. The third kappa shape index (κ3) is 4.68. The van der Waals surface area contributed by atoms with Crippen LogP contribution in [-0.2, 0) is 13.0 Å². The average molecular weight is 417 g/mol. The number of carbonyl (C=O) groups excluding carboxylic acids is 2. The summed E-state index contributed by atoms with van der Waals surface area (Å²) >= 11 is 0. The van der Waals surface area contributed by atoms with Crippen LogP contribution in [0.2, 0.25) is 0 Å². The van der Waals surface area contributed by atoms with Crippen molar-refractivity contribution in [1.82, 2.24) is 20.0 Å². The highest BCUT2D eigenvalue weighted by Crippen LogP contribution is 2.17. The standard InChI is InChI=1S/C25H28N4O2/c1-2-23-22(18-27-29(23)21-9-5-3-6-10-21)24(30)26-17-19-11-13-20(14-12-19)25(31)28-15-7-4-8-16-28/h3,5-6,9-14,18H,2,4,7-8,15-17H2,1H3,(H,26,30). The van der Waals surface area contributed by atoms with E-state index in [1.54, 1.807) is 6.20 Å². The van der Waals surface area contributed by atoms with Gasteiger partial charge in [0.1, 0.15) is 0 Å². The summed E-state index contributed by atoms with van der Waals surface area (Å²) in [5.74, 6) is -0.0521. The van der Waals surface area contributed by atoms with Gasteiger partial charge in [-0.25, -0.2) is 4.68 Å². The molecule has 1 fully saturated rings. The van der Waals surface area contributed by atoms with Crippen molar-refractivity contribution in [3.63, 3.8) is 0 Å². The topological polar surface area (TPSA) is 67.2 Å². The van der Waals surface area contributed by atoms with E-state index in [0.29, 0.717) is 24.1 Å². The first-order valence-corrected chi connectivity index (χ1v) is 11.0. The van der Waals surface area contributed by atoms with E-state index in [1.807, 2.05) is 71.1 Å². The number of hydrogen-bond donors (Lipinski definition) is 1. The molecule has 6 nitrogen and oxygen atoms in total. The van der Waals surface area contributed by atoms with Gasteiger partial charge < -0.3 is 10.2 Å². The number of hydrogen-bond acceptors (Lipinski definition) is 3. The van der Waals surface area contributed by atoms with E-state index < -0.39 is 0 Å². The van der Waals surface area contributed by atoms with Crippen LogP contribution in [0.4, 0.5) is 0 Å². The van der Waals surface area contributed by atoms with Crippen LogP contribution in [-0.4, -0.2) is 39.6 Å². The van der Waals surface area contributed by atoms with E-state index in [0.717, 1.165) is 42.9 Å². The lowest BCUT2D eigenvalue weighted by molar-refractivity contribution is 0.0724. The first-order chi connectivity index (χ1) is 15.2. The summed E-state index contributed by atoms with van der Waals surface area (Å²) in [5, 5.41) is 7.40. The number of aromatic nitrogens is 2. The quantitative estimate of drug-likeness (QED) is 0.661. The lowest BCUT2D eigenvalue weighted by atomic mass is 10.1. The summed E-state index contributed by atoms with van der Waals surface area (Å²) in [5.41, 5.74) is 4.06. The van der Waals surface area contributed by atoms with Crippen molar-refractivity contribution in [2.24, 2.45) is 0 Å². The highest BCUT2D eigenvalue weighted by Gasteiger charge is 2.19. The van der Waals surface area contributed by atoms with Crippen LogP contribution in [0.15, 0.2) is 60.8 Å². The van der Waals surface area contributed by atoms with E-state index in [2.05, 4.69) is 10.4 Å². The fourth-order valence-corrected chi connectivity index (χ4v) is 4.02. The molecule has 1 N–H and O–H groups in total. The Balaban J connectivity index is 1.40. The maximum atomic E-state index is 12.8. The molecule has 2 amide bonds. The van der Waals surface area contributed by atoms with E-state index in [1.165, 1.54) is 6.42 Å². The van der Waals surface area contributed by atoms with Crippen LogP contribution in [0.3, 0.4) is 0 Å². The fourth-order valence-electron chi connectivity index (χ4n) is 4.02. The Kier molecular flexibility index (Phi) is 6.46. The van der Waals surface area contributed by atoms with Crippen molar-refractivity contribution in [2.45, 2.75) is 39.2 Å². The Morgan fingerprint density at radius 2 is 1.68 bits per heavy atom. The Morgan fingerprint density at radius 3 is 2.35 bits per heavy atom. The van der Waals surface area contributed by atoms with Crippen LogP contribution in [0.25, 0.3) is 5.69 Å². The predicted octanol–water partition coefficient (Wildman–Crippen LogP) is 3.99. The molecule has 0 radical (unpaired) electrons. The molecule has 0 aliphatic carbocycles. The number of nitrogens with zero attached hydrogens (tertiary/aromatic N) is 3. The molecule has 1 aliphatic heterocycles. The minimum atomic E-state index is -0.146. The number of rotatable bonds is 6. The van der Waals surface area contributed by atoms with E-state index in [9.17, 15) is 9.59 Å². The number of benzene rings is 2. The molecule has 4 rings (SSSR count). The summed E-state index contributed by atoms with van der Waals surface area (Å²) in [6, 6.07) is 17.3. The fraction of sp³-hybridized carbons (Fsp3) is 0.320. The lowest BCUT2D eigenvalue weighted by Gasteiger charge is -2.26. The Labute approximate surface area is 182 Å². The van der Waals surface area contributed by atoms with Gasteiger partial charge in [-0.3, -0.25) is 9.59 Å². The number of nitrogens with one attached hydrogen (secondary N) is 1. The van der Waals surface area contributed by atoms with Crippen molar-refractivity contribution in [3.05, 3.63) is 83.2 Å². The third-order valence-electron chi connectivity index (χ3n) is 5.75. The zero-order chi connectivity index (χ0) is 21.6. The molecule has 0 saturated carbocycles. The number of piperidine rings is 1. The van der Waals surface area contributed by atoms with Gasteiger partial charge in [0, 0.05) is 25.2 Å². The van der Waals surface area contributed by atoms with E-state index in [-0.39, 0.29) is 11.8 Å². The van der Waals surface area contributed by atoms with Crippen molar-refractivity contribution in [2.75, 3.05) is 13.1 Å². The van der Waals surface area contributed by atoms with Crippen LogP contribution >= 0.6 is 0 Å². The molecule has 0 atom stereocenters. The number of para-hydroxylation sites is 1. The second kappa shape index (κ2) is 9.60. The lowest BCUT2D eigenvalue weighted by Crippen LogP contribution is -2.35. The molecule has 1 aromatic heterocycles. The van der Waals surface area contributed by atoms with Crippen molar-refractivity contribution < 1.29 is 9.59 Å². The molecule has 6 heteroatoms. The molecule has 0 unspecified atom stereocenters. The monoisotopic (exact) mass is 416 g/mol. The third-order valence-corrected chi connectivity index (χ3v) is 5.75. The summed E-state index contributed by atoms with van der Waals surface area (Å²) in [7, 11) is 0. The van der Waals surface area contributed by atoms with Gasteiger partial charge in [-0.15, -0.1) is 0 Å². The summed E-state index contributed by atoms with van der Waals surface area (Å²) < 4.78 is 1.82. The van der Waals surface area contributed by atoms with Crippen LogP contribution < -0.4 is 5.32 Å². The molecular formula is C25H28N4O2. The summed E-state index contributed by atoms with van der Waals surface area (Å²) in [4.78, 5) is 27.3. The van der Waals surface area contributed by atoms with Gasteiger partial charge in [-0.2, -0.15) is 5.10 Å². The molecule has 1 saturated heterocycles. The summed E-state index contributed by atoms with van der Waals surface area (Å²) in [6.07, 6.45) is 5.69. The molecule has 2 aromatic carbocycles. The Morgan fingerprint density at radius 1 is 0.968 bits per heavy atom. The normalized spacial score (nSPS) is 13.8. The van der Waals surface area contributed by atoms with Gasteiger partial charge in [0.2, 0.25) is 0 Å². The number of carbonyl (C=O) groups is 2. The van der Waals surface area contributed by atoms with Gasteiger partial charge >= 0.3 is 0 Å². The molecule has 0 bridgehead atoms. The smallest absolute Gasteiger partial charge is 0.255 e. The molecular weight excluding hydrogens is 388 g/mol. The van der Waals surface area contributed by atoms with Gasteiger partial charge in [-0.05, 0) is 55.5 Å². The van der Waals surface area contributed by atoms with Gasteiger partial charge in [0.25, 0.3) is 11.8 Å². The minimum Gasteiger partial charge on any atom is -0.348 e. The zero-order valence-corrected chi connectivity index (χ0v) is 17.9. The van der Waals surface area contributed by atoms with Crippen LogP contribution in [0, 0.1) is 0 Å². The molecule has 160 valence electrons. The Bertz CT molecular complexity index is 1040. The molecule has 31 heavy (non-hydrogen) atoms. The molecule has 2 heterocycles.